The van der Waals surface area contributed by atoms with Crippen molar-refractivity contribution in [2.45, 2.75) is 47.6 Å². The van der Waals surface area contributed by atoms with Crippen LogP contribution in [-0.4, -0.2) is 28.2 Å². The number of hydrogen-bond acceptors (Lipinski definition) is 3. The average Bonchev–Trinajstić information content (AvgIpc) is 3.04. The van der Waals surface area contributed by atoms with Crippen molar-refractivity contribution in [3.63, 3.8) is 0 Å². The zero-order valence-corrected chi connectivity index (χ0v) is 20.9. The Morgan fingerprint density at radius 2 is 1.84 bits per heavy atom. The van der Waals surface area contributed by atoms with Gasteiger partial charge >= 0.3 is 0 Å². The number of benzene rings is 2. The van der Waals surface area contributed by atoms with Gasteiger partial charge in [-0.25, -0.2) is 0 Å². The highest BCUT2D eigenvalue weighted by atomic mass is 79.9. The normalized spacial score (nSPS) is 11.5. The molecule has 2 N–H and O–H groups in total. The van der Waals surface area contributed by atoms with Gasteiger partial charge in [0.25, 0.3) is 5.91 Å². The number of carbonyl (C=O) groups is 1. The summed E-state index contributed by atoms with van der Waals surface area (Å²) in [6, 6.07) is 13.4. The van der Waals surface area contributed by atoms with Crippen molar-refractivity contribution in [2.75, 3.05) is 11.9 Å². The van der Waals surface area contributed by atoms with E-state index in [0.717, 1.165) is 34.4 Å². The van der Waals surface area contributed by atoms with Crippen LogP contribution in [0.4, 0.5) is 5.69 Å². The van der Waals surface area contributed by atoms with Crippen molar-refractivity contribution in [3.8, 4) is 0 Å². The Morgan fingerprint density at radius 1 is 1.09 bits per heavy atom. The van der Waals surface area contributed by atoms with Crippen LogP contribution in [0.5, 0.6) is 0 Å². The fraction of sp³-hybridized carbons (Fsp3) is 0.320. The number of rotatable bonds is 6. The first-order valence-electron chi connectivity index (χ1n) is 10.8. The number of aliphatic imine (C=N–C) groups is 1. The van der Waals surface area contributed by atoms with Gasteiger partial charge in [-0.15, -0.1) is 0 Å². The molecule has 0 aliphatic rings. The van der Waals surface area contributed by atoms with Crippen molar-refractivity contribution in [3.05, 3.63) is 80.6 Å². The molecule has 3 rings (SSSR count). The first kappa shape index (κ1) is 23.7. The van der Waals surface area contributed by atoms with E-state index >= 15 is 0 Å². The first-order chi connectivity index (χ1) is 15.3. The minimum atomic E-state index is -0.222. The quantitative estimate of drug-likeness (QED) is 0.358. The summed E-state index contributed by atoms with van der Waals surface area (Å²) in [7, 11) is 0. The van der Waals surface area contributed by atoms with E-state index in [1.54, 1.807) is 6.07 Å². The molecule has 0 bridgehead atoms. The van der Waals surface area contributed by atoms with Crippen LogP contribution in [0.3, 0.4) is 0 Å². The predicted octanol–water partition coefficient (Wildman–Crippen LogP) is 5.34. The number of aromatic nitrogens is 2. The van der Waals surface area contributed by atoms with E-state index in [0.29, 0.717) is 18.1 Å². The lowest BCUT2D eigenvalue weighted by molar-refractivity contribution is 0.0976. The SMILES string of the molecule is CCn1nc(C)c(CCN=C(NC(=O)c2ccccc2Br)Nc2cccc(C)c2C)c1C. The molecule has 0 saturated carbocycles. The first-order valence-corrected chi connectivity index (χ1v) is 11.6. The van der Waals surface area contributed by atoms with Gasteiger partial charge in [-0.05, 0) is 91.9 Å². The number of guanidine groups is 1. The third-order valence-corrected chi connectivity index (χ3v) is 6.36. The lowest BCUT2D eigenvalue weighted by Crippen LogP contribution is -2.36. The second-order valence-corrected chi connectivity index (χ2v) is 8.61. The van der Waals surface area contributed by atoms with E-state index in [2.05, 4.69) is 65.4 Å². The van der Waals surface area contributed by atoms with Crippen LogP contribution in [0.25, 0.3) is 0 Å². The number of amides is 1. The van der Waals surface area contributed by atoms with Crippen molar-refractivity contribution in [1.82, 2.24) is 15.1 Å². The molecule has 0 unspecified atom stereocenters. The van der Waals surface area contributed by atoms with Gasteiger partial charge in [0.2, 0.25) is 5.96 Å². The number of hydrogen-bond donors (Lipinski definition) is 2. The van der Waals surface area contributed by atoms with E-state index in [9.17, 15) is 4.79 Å². The van der Waals surface area contributed by atoms with Crippen molar-refractivity contribution >= 4 is 33.5 Å². The molecular formula is C25H30BrN5O. The maximum Gasteiger partial charge on any atom is 0.259 e. The minimum Gasteiger partial charge on any atom is -0.326 e. The summed E-state index contributed by atoms with van der Waals surface area (Å²) in [6.07, 6.45) is 0.751. The molecule has 0 spiro atoms. The molecule has 0 aliphatic carbocycles. The molecule has 6 nitrogen and oxygen atoms in total. The Kier molecular flexibility index (Phi) is 7.85. The second-order valence-electron chi connectivity index (χ2n) is 7.75. The number of carbonyl (C=O) groups excluding carboxylic acids is 1. The number of anilines is 1. The molecule has 2 aromatic carbocycles. The van der Waals surface area contributed by atoms with Crippen LogP contribution < -0.4 is 10.6 Å². The maximum absolute atomic E-state index is 12.9. The topological polar surface area (TPSA) is 71.3 Å². The smallest absolute Gasteiger partial charge is 0.259 e. The van der Waals surface area contributed by atoms with Gasteiger partial charge in [0.15, 0.2) is 0 Å². The standard InChI is InChI=1S/C25H30BrN5O/c1-6-31-19(5)20(18(4)30-31)14-15-27-25(28-23-13-9-10-16(2)17(23)3)29-24(32)21-11-7-8-12-22(21)26/h7-13H,6,14-15H2,1-5H3,(H2,27,28,29,32). The zero-order valence-electron chi connectivity index (χ0n) is 19.3. The third-order valence-electron chi connectivity index (χ3n) is 5.67. The Morgan fingerprint density at radius 3 is 2.53 bits per heavy atom. The fourth-order valence-corrected chi connectivity index (χ4v) is 4.09. The molecule has 168 valence electrons. The minimum absolute atomic E-state index is 0.222. The summed E-state index contributed by atoms with van der Waals surface area (Å²) in [6.45, 7) is 11.7. The molecule has 1 aromatic heterocycles. The van der Waals surface area contributed by atoms with Crippen LogP contribution in [0.2, 0.25) is 0 Å². The predicted molar refractivity (Wildman–Crippen MR) is 135 cm³/mol. The molecule has 0 radical (unpaired) electrons. The van der Waals surface area contributed by atoms with Gasteiger partial charge in [-0.1, -0.05) is 24.3 Å². The van der Waals surface area contributed by atoms with Gasteiger partial charge in [-0.2, -0.15) is 5.10 Å². The Hall–Kier alpha value is -2.93. The largest absolute Gasteiger partial charge is 0.326 e. The van der Waals surface area contributed by atoms with E-state index < -0.39 is 0 Å². The Bertz CT molecular complexity index is 1150. The van der Waals surface area contributed by atoms with Crippen molar-refractivity contribution in [2.24, 2.45) is 4.99 Å². The van der Waals surface area contributed by atoms with Crippen LogP contribution >= 0.6 is 15.9 Å². The third kappa shape index (κ3) is 5.46. The molecule has 32 heavy (non-hydrogen) atoms. The van der Waals surface area contributed by atoms with Gasteiger partial charge in [0, 0.05) is 28.9 Å². The highest BCUT2D eigenvalue weighted by Gasteiger charge is 2.14. The summed E-state index contributed by atoms with van der Waals surface area (Å²) >= 11 is 3.45. The molecule has 0 fully saturated rings. The van der Waals surface area contributed by atoms with E-state index in [1.807, 2.05) is 41.9 Å². The highest BCUT2D eigenvalue weighted by molar-refractivity contribution is 9.10. The van der Waals surface area contributed by atoms with Gasteiger partial charge in [-0.3, -0.25) is 19.8 Å². The average molecular weight is 496 g/mol. The lowest BCUT2D eigenvalue weighted by Gasteiger charge is -2.15. The van der Waals surface area contributed by atoms with E-state index in [-0.39, 0.29) is 5.91 Å². The summed E-state index contributed by atoms with van der Waals surface area (Å²) in [4.78, 5) is 17.6. The molecule has 0 atom stereocenters. The monoisotopic (exact) mass is 495 g/mol. The van der Waals surface area contributed by atoms with Gasteiger partial charge in [0.1, 0.15) is 0 Å². The lowest BCUT2D eigenvalue weighted by atomic mass is 10.1. The Balaban J connectivity index is 1.84. The van der Waals surface area contributed by atoms with Crippen LogP contribution in [-0.2, 0) is 13.0 Å². The van der Waals surface area contributed by atoms with Crippen molar-refractivity contribution < 1.29 is 4.79 Å². The number of aryl methyl sites for hydroxylation is 3. The summed E-state index contributed by atoms with van der Waals surface area (Å²) < 4.78 is 2.75. The van der Waals surface area contributed by atoms with E-state index in [1.165, 1.54) is 16.8 Å². The van der Waals surface area contributed by atoms with Crippen LogP contribution in [0, 0.1) is 27.7 Å². The van der Waals surface area contributed by atoms with Gasteiger partial charge < -0.3 is 5.32 Å². The number of nitrogens with one attached hydrogen (secondary N) is 2. The second kappa shape index (κ2) is 10.6. The van der Waals surface area contributed by atoms with Crippen LogP contribution in [0.15, 0.2) is 51.9 Å². The zero-order chi connectivity index (χ0) is 23.3. The Labute approximate surface area is 198 Å². The maximum atomic E-state index is 12.9. The van der Waals surface area contributed by atoms with Crippen LogP contribution in [0.1, 0.15) is 45.4 Å². The molecular weight excluding hydrogens is 466 g/mol. The fourth-order valence-electron chi connectivity index (χ4n) is 3.63. The summed E-state index contributed by atoms with van der Waals surface area (Å²) in [5.74, 6) is 0.206. The summed E-state index contributed by atoms with van der Waals surface area (Å²) in [5.41, 5.74) is 7.17. The van der Waals surface area contributed by atoms with Gasteiger partial charge in [0.05, 0.1) is 11.3 Å². The molecule has 3 aromatic rings. The molecule has 1 heterocycles. The molecule has 1 amide bonds. The molecule has 0 aliphatic heterocycles. The highest BCUT2D eigenvalue weighted by Crippen LogP contribution is 2.19. The number of nitrogens with zero attached hydrogens (tertiary/aromatic N) is 3. The molecule has 0 saturated heterocycles. The number of halogens is 1. The molecule has 7 heteroatoms. The summed E-state index contributed by atoms with van der Waals surface area (Å²) in [5, 5.41) is 10.9. The van der Waals surface area contributed by atoms with Crippen molar-refractivity contribution in [1.29, 1.82) is 0 Å². The van der Waals surface area contributed by atoms with E-state index in [4.69, 9.17) is 4.99 Å².